The van der Waals surface area contributed by atoms with Gasteiger partial charge < -0.3 is 0 Å². The maximum atomic E-state index is 4.00. The average Bonchev–Trinajstić information content (AvgIpc) is 1.46. The van der Waals surface area contributed by atoms with Crippen LogP contribution in [0.2, 0.25) is 0 Å². The van der Waals surface area contributed by atoms with Crippen LogP contribution in [0.3, 0.4) is 0 Å². The molecule has 0 fully saturated rings. The molecular weight excluding hydrogens is 249 g/mol. The third-order valence-corrected chi connectivity index (χ3v) is 0. The Morgan fingerprint density at radius 2 is 1.20 bits per heavy atom. The molecular formula is C2H2Br2Zn. The van der Waals surface area contributed by atoms with E-state index in [-0.39, 0.29) is 13.2 Å². The first-order valence-electron chi connectivity index (χ1n) is 0.868. The van der Waals surface area contributed by atoms with Gasteiger partial charge in [-0.25, -0.2) is 0 Å². The van der Waals surface area contributed by atoms with E-state index in [1.807, 2.05) is 0 Å². The maximum absolute atomic E-state index is 4.00. The minimum absolute atomic E-state index is 0.250. The monoisotopic (exact) mass is 248 g/mol. The van der Waals surface area contributed by atoms with Crippen LogP contribution in [0.5, 0.6) is 0 Å². The van der Waals surface area contributed by atoms with Crippen molar-refractivity contribution >= 4 is 27.2 Å². The Morgan fingerprint density at radius 1 is 1.20 bits per heavy atom. The van der Waals surface area contributed by atoms with Crippen molar-refractivity contribution < 1.29 is 13.2 Å². The fraction of sp³-hybridized carbons (Fsp3) is 0. The number of rotatable bonds is 0. The Labute approximate surface area is 53.0 Å². The Morgan fingerprint density at radius 3 is 1.20 bits per heavy atom. The van der Waals surface area contributed by atoms with E-state index in [0.717, 1.165) is 0 Å². The van der Waals surface area contributed by atoms with Crippen molar-refractivity contribution in [2.24, 2.45) is 0 Å². The minimum atomic E-state index is -0.250. The summed E-state index contributed by atoms with van der Waals surface area (Å²) in [5.41, 5.74) is 0. The molecule has 0 saturated heterocycles. The van der Waals surface area contributed by atoms with E-state index in [9.17, 15) is 0 Å². The number of hydrogen-bond acceptors (Lipinski definition) is 0. The van der Waals surface area contributed by atoms with Crippen LogP contribution in [0.15, 0.2) is 0 Å². The summed E-state index contributed by atoms with van der Waals surface area (Å²) in [6, 6.07) is 0. The molecule has 0 spiro atoms. The standard InChI is InChI=1S/C2H2.2BrH.Zn/c1-2;;;/h1-2H;2*1H;/q;;;+2/p-2. The summed E-state index contributed by atoms with van der Waals surface area (Å²) in [7, 11) is 0. The van der Waals surface area contributed by atoms with Crippen molar-refractivity contribution in [3.05, 3.63) is 0 Å². The van der Waals surface area contributed by atoms with Gasteiger partial charge in [-0.3, -0.25) is 0 Å². The Bertz CT molecular complexity index is 18.9. The van der Waals surface area contributed by atoms with Gasteiger partial charge in [0.25, 0.3) is 0 Å². The molecule has 0 unspecified atom stereocenters. The van der Waals surface area contributed by atoms with Crippen LogP contribution in [-0.2, 0) is 13.2 Å². The second-order valence-electron chi connectivity index (χ2n) is 0.101. The molecule has 0 aliphatic carbocycles. The molecule has 0 radical (unpaired) electrons. The van der Waals surface area contributed by atoms with Crippen LogP contribution in [0.4, 0.5) is 0 Å². The fourth-order valence-corrected chi connectivity index (χ4v) is 0. The predicted molar refractivity (Wildman–Crippen MR) is 27.7 cm³/mol. The topological polar surface area (TPSA) is 0 Å². The van der Waals surface area contributed by atoms with Gasteiger partial charge in [-0.2, -0.15) is 0 Å². The van der Waals surface area contributed by atoms with Gasteiger partial charge in [0.2, 0.25) is 0 Å². The number of halogens is 2. The molecule has 0 aromatic carbocycles. The SMILES string of the molecule is C#C.[Br][Zn][Br]. The molecule has 0 nitrogen and oxygen atoms in total. The van der Waals surface area contributed by atoms with Crippen LogP contribution in [0.1, 0.15) is 0 Å². The predicted octanol–water partition coefficient (Wildman–Crippen LogP) is 1.94. The summed E-state index contributed by atoms with van der Waals surface area (Å²) in [4.78, 5) is 0. The molecule has 0 aromatic rings. The molecule has 0 aromatic heterocycles. The average molecular weight is 251 g/mol. The number of terminal acetylenes is 1. The van der Waals surface area contributed by atoms with Gasteiger partial charge >= 0.3 is 40.5 Å². The van der Waals surface area contributed by atoms with Crippen molar-refractivity contribution in [2.45, 2.75) is 0 Å². The quantitative estimate of drug-likeness (QED) is 0.456. The van der Waals surface area contributed by atoms with Gasteiger partial charge in [-0.05, 0) is 0 Å². The first kappa shape index (κ1) is 9.47. The van der Waals surface area contributed by atoms with Crippen LogP contribution < -0.4 is 0 Å². The molecule has 0 amide bonds. The molecule has 0 atom stereocenters. The summed E-state index contributed by atoms with van der Waals surface area (Å²) in [6.45, 7) is 0. The van der Waals surface area contributed by atoms with E-state index in [2.05, 4.69) is 40.1 Å². The van der Waals surface area contributed by atoms with Crippen molar-refractivity contribution in [3.63, 3.8) is 0 Å². The third kappa shape index (κ3) is 38.9. The number of hydrogen-bond donors (Lipinski definition) is 0. The van der Waals surface area contributed by atoms with Gasteiger partial charge in [0.1, 0.15) is 0 Å². The van der Waals surface area contributed by atoms with Gasteiger partial charge in [-0.15, -0.1) is 12.8 Å². The van der Waals surface area contributed by atoms with E-state index in [4.69, 9.17) is 0 Å². The Kier molecular flexibility index (Phi) is 36.4. The molecule has 0 aliphatic heterocycles. The second-order valence-corrected chi connectivity index (χ2v) is 14.2. The first-order chi connectivity index (χ1) is 2.41. The zero-order valence-corrected chi connectivity index (χ0v) is 8.76. The van der Waals surface area contributed by atoms with Gasteiger partial charge in [0.15, 0.2) is 0 Å². The normalized spacial score (nSPS) is 2.40. The molecule has 0 heterocycles. The van der Waals surface area contributed by atoms with Gasteiger partial charge in [-0.1, -0.05) is 0 Å². The summed E-state index contributed by atoms with van der Waals surface area (Å²) in [5.74, 6) is 0. The third-order valence-electron chi connectivity index (χ3n) is 0. The summed E-state index contributed by atoms with van der Waals surface area (Å²) in [5, 5.41) is 0. The summed E-state index contributed by atoms with van der Waals surface area (Å²) in [6.07, 6.45) is 8.00. The van der Waals surface area contributed by atoms with Crippen LogP contribution >= 0.6 is 27.2 Å². The molecule has 0 N–H and O–H groups in total. The zero-order valence-electron chi connectivity index (χ0n) is 2.62. The van der Waals surface area contributed by atoms with Gasteiger partial charge in [0, 0.05) is 0 Å². The van der Waals surface area contributed by atoms with E-state index >= 15 is 0 Å². The summed E-state index contributed by atoms with van der Waals surface area (Å²) < 4.78 is 0. The van der Waals surface area contributed by atoms with E-state index in [1.54, 1.807) is 0 Å². The molecule has 3 heteroatoms. The molecule has 0 aliphatic rings. The van der Waals surface area contributed by atoms with Crippen LogP contribution in [-0.4, -0.2) is 0 Å². The zero-order chi connectivity index (χ0) is 4.71. The Balaban J connectivity index is 0. The van der Waals surface area contributed by atoms with Crippen molar-refractivity contribution in [1.82, 2.24) is 0 Å². The second kappa shape index (κ2) is 19.2. The molecule has 0 bridgehead atoms. The molecule has 0 saturated carbocycles. The van der Waals surface area contributed by atoms with Crippen molar-refractivity contribution in [3.8, 4) is 12.8 Å². The van der Waals surface area contributed by atoms with Crippen molar-refractivity contribution in [2.75, 3.05) is 0 Å². The van der Waals surface area contributed by atoms with Crippen LogP contribution in [0, 0.1) is 12.8 Å². The molecule has 0 rings (SSSR count). The van der Waals surface area contributed by atoms with E-state index < -0.39 is 0 Å². The van der Waals surface area contributed by atoms with E-state index in [1.165, 1.54) is 0 Å². The fourth-order valence-electron chi connectivity index (χ4n) is 0. The van der Waals surface area contributed by atoms with Crippen LogP contribution in [0.25, 0.3) is 0 Å². The first-order valence-corrected chi connectivity index (χ1v) is 14.8. The molecule has 26 valence electrons. The molecule has 5 heavy (non-hydrogen) atoms. The van der Waals surface area contributed by atoms with E-state index in [0.29, 0.717) is 0 Å². The Hall–Kier alpha value is 1.14. The summed E-state index contributed by atoms with van der Waals surface area (Å²) >= 11 is 6.25. The van der Waals surface area contributed by atoms with Gasteiger partial charge in [0.05, 0.1) is 0 Å². The van der Waals surface area contributed by atoms with Crippen molar-refractivity contribution in [1.29, 1.82) is 0 Å².